The lowest BCUT2D eigenvalue weighted by atomic mass is 9.95. The SMILES string of the molecule is CC(C)C1CNCCCCN1.CC(C)C1CNCCCN1.CC(C)C1CNCCCNC1.CC(C)C1CNCCN1.CC(C)C1CNCCNC1. The molecule has 0 aromatic heterocycles. The molecule has 0 radical (unpaired) electrons. The van der Waals surface area contributed by atoms with E-state index in [1.165, 1.54) is 91.1 Å². The highest BCUT2D eigenvalue weighted by Crippen LogP contribution is 2.10. The molecule has 51 heavy (non-hydrogen) atoms. The second-order valence-corrected chi connectivity index (χ2v) is 17.3. The first-order chi connectivity index (χ1) is 24.5. The highest BCUT2D eigenvalue weighted by Gasteiger charge is 2.17. The molecule has 0 aliphatic carbocycles. The highest BCUT2D eigenvalue weighted by atomic mass is 15.1. The van der Waals surface area contributed by atoms with Gasteiger partial charge in [0.2, 0.25) is 0 Å². The van der Waals surface area contributed by atoms with Crippen LogP contribution < -0.4 is 53.2 Å². The van der Waals surface area contributed by atoms with E-state index >= 15 is 0 Å². The van der Waals surface area contributed by atoms with Gasteiger partial charge in [-0.2, -0.15) is 0 Å². The molecule has 5 aliphatic rings. The molecule has 3 unspecified atom stereocenters. The van der Waals surface area contributed by atoms with Gasteiger partial charge < -0.3 is 53.2 Å². The summed E-state index contributed by atoms with van der Waals surface area (Å²) in [5, 5.41) is 34.5. The molecule has 10 nitrogen and oxygen atoms in total. The maximum Gasteiger partial charge on any atom is 0.0215 e. The smallest absolute Gasteiger partial charge is 0.0215 e. The Morgan fingerprint density at radius 1 is 0.275 bits per heavy atom. The van der Waals surface area contributed by atoms with Gasteiger partial charge in [-0.25, -0.2) is 0 Å². The van der Waals surface area contributed by atoms with E-state index in [1.54, 1.807) is 0 Å². The highest BCUT2D eigenvalue weighted by molar-refractivity contribution is 4.78. The normalized spacial score (nSPS) is 26.3. The van der Waals surface area contributed by atoms with Crippen LogP contribution in [0.2, 0.25) is 0 Å². The van der Waals surface area contributed by atoms with Crippen molar-refractivity contribution in [3.8, 4) is 0 Å². The van der Waals surface area contributed by atoms with Crippen LogP contribution in [0.1, 0.15) is 94.9 Å². The maximum absolute atomic E-state index is 3.56. The Morgan fingerprint density at radius 2 is 0.549 bits per heavy atom. The molecule has 5 rings (SSSR count). The Bertz CT molecular complexity index is 662. The monoisotopic (exact) mass is 725 g/mol. The molecule has 0 saturated carbocycles. The zero-order chi connectivity index (χ0) is 37.7. The fourth-order valence-electron chi connectivity index (χ4n) is 6.66. The minimum absolute atomic E-state index is 0.676. The van der Waals surface area contributed by atoms with Crippen molar-refractivity contribution in [2.24, 2.45) is 41.4 Å². The summed E-state index contributed by atoms with van der Waals surface area (Å²) in [5.74, 6) is 5.51. The Kier molecular flexibility index (Phi) is 30.4. The molecule has 5 heterocycles. The zero-order valence-electron chi connectivity index (χ0n) is 35.6. The van der Waals surface area contributed by atoms with Crippen molar-refractivity contribution in [1.29, 1.82) is 0 Å². The molecule has 0 aromatic rings. The van der Waals surface area contributed by atoms with Crippen LogP contribution >= 0.6 is 0 Å². The van der Waals surface area contributed by atoms with Gasteiger partial charge in [-0.1, -0.05) is 69.2 Å². The van der Waals surface area contributed by atoms with Crippen LogP contribution in [0.15, 0.2) is 0 Å². The van der Waals surface area contributed by atoms with E-state index < -0.39 is 0 Å². The summed E-state index contributed by atoms with van der Waals surface area (Å²) in [4.78, 5) is 0. The Balaban J connectivity index is 0.000000319. The molecule has 3 atom stereocenters. The summed E-state index contributed by atoms with van der Waals surface area (Å²) >= 11 is 0. The minimum atomic E-state index is 0.676. The molecule has 10 N–H and O–H groups in total. The molecule has 0 bridgehead atoms. The number of hydrogen-bond acceptors (Lipinski definition) is 10. The molecule has 0 spiro atoms. The first kappa shape index (κ1) is 48.6. The van der Waals surface area contributed by atoms with E-state index in [2.05, 4.69) is 122 Å². The van der Waals surface area contributed by atoms with E-state index in [4.69, 9.17) is 0 Å². The zero-order valence-corrected chi connectivity index (χ0v) is 35.6. The van der Waals surface area contributed by atoms with Crippen molar-refractivity contribution < 1.29 is 0 Å². The third kappa shape index (κ3) is 26.1. The Morgan fingerprint density at radius 3 is 0.922 bits per heavy atom. The predicted molar refractivity (Wildman–Crippen MR) is 225 cm³/mol. The van der Waals surface area contributed by atoms with Crippen LogP contribution in [-0.2, 0) is 0 Å². The van der Waals surface area contributed by atoms with Crippen LogP contribution in [0, 0.1) is 41.4 Å². The van der Waals surface area contributed by atoms with Crippen LogP contribution in [-0.4, -0.2) is 129 Å². The predicted octanol–water partition coefficient (Wildman–Crippen LogP) is 3.07. The van der Waals surface area contributed by atoms with E-state index in [9.17, 15) is 0 Å². The lowest BCUT2D eigenvalue weighted by Crippen LogP contribution is -2.50. The lowest BCUT2D eigenvalue weighted by Gasteiger charge is -2.27. The summed E-state index contributed by atoms with van der Waals surface area (Å²) in [6.45, 7) is 42.6. The van der Waals surface area contributed by atoms with E-state index in [1.807, 2.05) is 0 Å². The topological polar surface area (TPSA) is 120 Å². The second-order valence-electron chi connectivity index (χ2n) is 17.3. The lowest BCUT2D eigenvalue weighted by molar-refractivity contribution is 0.328. The summed E-state index contributed by atoms with van der Waals surface area (Å²) < 4.78 is 0. The molecule has 5 fully saturated rings. The van der Waals surface area contributed by atoms with Crippen molar-refractivity contribution in [3.63, 3.8) is 0 Å². The first-order valence-corrected chi connectivity index (χ1v) is 21.7. The standard InChI is InChI=1S/2C9H20N2.2C8H18N2.C7H16N2/c1-8(2)9-6-10-4-3-5-11-7-9;1-8(2)9-7-10-5-3-4-6-11-9;1-7(2)8-5-9-3-4-10-6-8;1-7(2)8-6-9-4-3-5-10-8;1-6(2)7-5-8-3-4-9-7/h2*8-11H,3-7H2,1-2H3;2*7-10H,3-6H2,1-2H3;6-9H,3-5H2,1-2H3. The molecule has 5 aliphatic heterocycles. The fraction of sp³-hybridized carbons (Fsp3) is 1.00. The summed E-state index contributed by atoms with van der Waals surface area (Å²) in [7, 11) is 0. The molecule has 0 aromatic carbocycles. The quantitative estimate of drug-likeness (QED) is 0.207. The van der Waals surface area contributed by atoms with Crippen molar-refractivity contribution >= 4 is 0 Å². The van der Waals surface area contributed by atoms with E-state index in [0.717, 1.165) is 87.2 Å². The van der Waals surface area contributed by atoms with Crippen molar-refractivity contribution in [2.45, 2.75) is 113 Å². The minimum Gasteiger partial charge on any atom is -0.316 e. The number of nitrogens with one attached hydrogen (secondary N) is 10. The van der Waals surface area contributed by atoms with Gasteiger partial charge in [0.05, 0.1) is 0 Å². The van der Waals surface area contributed by atoms with Gasteiger partial charge in [-0.15, -0.1) is 0 Å². The number of piperazine rings is 1. The second kappa shape index (κ2) is 31.9. The van der Waals surface area contributed by atoms with Crippen LogP contribution in [0.25, 0.3) is 0 Å². The molecule has 5 saturated heterocycles. The van der Waals surface area contributed by atoms with Gasteiger partial charge in [-0.05, 0) is 133 Å². The van der Waals surface area contributed by atoms with Gasteiger partial charge in [0.25, 0.3) is 0 Å². The molecule has 10 heteroatoms. The molecular weight excluding hydrogens is 633 g/mol. The van der Waals surface area contributed by atoms with Crippen molar-refractivity contribution in [2.75, 3.05) is 111 Å². The summed E-state index contributed by atoms with van der Waals surface area (Å²) in [6, 6.07) is 2.05. The van der Waals surface area contributed by atoms with Gasteiger partial charge in [-0.3, -0.25) is 0 Å². The van der Waals surface area contributed by atoms with E-state index in [-0.39, 0.29) is 0 Å². The van der Waals surface area contributed by atoms with Gasteiger partial charge in [0.15, 0.2) is 0 Å². The Labute approximate surface area is 318 Å². The van der Waals surface area contributed by atoms with Crippen LogP contribution in [0.3, 0.4) is 0 Å². The van der Waals surface area contributed by atoms with E-state index in [0.29, 0.717) is 18.1 Å². The van der Waals surface area contributed by atoms with Gasteiger partial charge >= 0.3 is 0 Å². The van der Waals surface area contributed by atoms with Crippen molar-refractivity contribution in [1.82, 2.24) is 53.2 Å². The average Bonchev–Trinajstić information content (AvgIpc) is 3.53. The largest absolute Gasteiger partial charge is 0.316 e. The number of rotatable bonds is 5. The molecule has 0 amide bonds. The third-order valence-electron chi connectivity index (χ3n) is 11.0. The van der Waals surface area contributed by atoms with Crippen LogP contribution in [0.5, 0.6) is 0 Å². The summed E-state index contributed by atoms with van der Waals surface area (Å²) in [5.41, 5.74) is 0. The van der Waals surface area contributed by atoms with Crippen molar-refractivity contribution in [3.05, 3.63) is 0 Å². The molecule has 306 valence electrons. The van der Waals surface area contributed by atoms with Gasteiger partial charge in [0.1, 0.15) is 0 Å². The fourth-order valence-corrected chi connectivity index (χ4v) is 6.66. The first-order valence-electron chi connectivity index (χ1n) is 21.7. The van der Waals surface area contributed by atoms with Gasteiger partial charge in [0, 0.05) is 63.9 Å². The summed E-state index contributed by atoms with van der Waals surface area (Å²) in [6.07, 6.45) is 5.17. The third-order valence-corrected chi connectivity index (χ3v) is 11.0. The van der Waals surface area contributed by atoms with Crippen LogP contribution in [0.4, 0.5) is 0 Å². The average molecular weight is 725 g/mol. The molecular formula is C41H92N10. The number of hydrogen-bond donors (Lipinski definition) is 10. The maximum atomic E-state index is 3.56. The Hall–Kier alpha value is -0.400.